The maximum Gasteiger partial charge on any atom is 0.279 e. The van der Waals surface area contributed by atoms with Crippen LogP contribution >= 0.6 is 0 Å². The van der Waals surface area contributed by atoms with E-state index in [0.29, 0.717) is 0 Å². The first-order chi connectivity index (χ1) is 5.14. The van der Waals surface area contributed by atoms with Gasteiger partial charge < -0.3 is 5.11 Å². The highest BCUT2D eigenvalue weighted by atomic mass is 32.2. The number of hydrogen-bond donors (Lipinski definition) is 3. The molecule has 0 radical (unpaired) electrons. The minimum atomic E-state index is -3.44. The quantitative estimate of drug-likeness (QED) is 0.481. The fourth-order valence-electron chi connectivity index (χ4n) is 0.872. The van der Waals surface area contributed by atoms with Gasteiger partial charge in [-0.15, -0.1) is 0 Å². The summed E-state index contributed by atoms with van der Waals surface area (Å²) in [6.45, 7) is -0.554. The summed E-state index contributed by atoms with van der Waals surface area (Å²) < 4.78 is 26.0. The van der Waals surface area contributed by atoms with Gasteiger partial charge in [-0.2, -0.15) is 17.9 Å². The second-order valence-corrected chi connectivity index (χ2v) is 4.08. The Morgan fingerprint density at radius 3 is 2.45 bits per heavy atom. The highest BCUT2D eigenvalue weighted by Gasteiger charge is 2.22. The van der Waals surface area contributed by atoms with Crippen LogP contribution in [0.2, 0.25) is 0 Å². The average molecular weight is 180 g/mol. The van der Waals surface area contributed by atoms with E-state index in [4.69, 9.17) is 5.11 Å². The molecule has 0 aromatic heterocycles. The number of aliphatic hydroxyl groups is 1. The molecule has 0 amide bonds. The largest absolute Gasteiger partial charge is 0.380 e. The van der Waals surface area contributed by atoms with Crippen LogP contribution in [-0.2, 0) is 10.2 Å². The lowest BCUT2D eigenvalue weighted by atomic mass is 9.94. The van der Waals surface area contributed by atoms with Gasteiger partial charge in [0.2, 0.25) is 0 Å². The van der Waals surface area contributed by atoms with E-state index in [1.165, 1.54) is 0 Å². The third-order valence-corrected chi connectivity index (χ3v) is 2.83. The van der Waals surface area contributed by atoms with Gasteiger partial charge in [-0.25, -0.2) is 0 Å². The molecule has 1 saturated carbocycles. The van der Waals surface area contributed by atoms with Gasteiger partial charge in [-0.1, -0.05) is 6.42 Å². The summed E-state index contributed by atoms with van der Waals surface area (Å²) in [5.41, 5.74) is 0. The van der Waals surface area contributed by atoms with Crippen LogP contribution in [0.4, 0.5) is 0 Å². The fraction of sp³-hybridized carbons (Fsp3) is 1.00. The molecule has 1 aliphatic rings. The lowest BCUT2D eigenvalue weighted by Gasteiger charge is -2.25. The van der Waals surface area contributed by atoms with E-state index in [-0.39, 0.29) is 6.04 Å². The molecule has 11 heavy (non-hydrogen) atoms. The first-order valence-electron chi connectivity index (χ1n) is 3.52. The topological polar surface area (TPSA) is 78.4 Å². The smallest absolute Gasteiger partial charge is 0.279 e. The first-order valence-corrected chi connectivity index (χ1v) is 5.00. The molecule has 0 spiro atoms. The predicted molar refractivity (Wildman–Crippen MR) is 39.9 cm³/mol. The molecule has 0 bridgehead atoms. The van der Waals surface area contributed by atoms with E-state index >= 15 is 0 Å². The van der Waals surface area contributed by atoms with Gasteiger partial charge in [0.25, 0.3) is 10.2 Å². The second-order valence-electron chi connectivity index (χ2n) is 2.55. The van der Waals surface area contributed by atoms with Crippen molar-refractivity contribution < 1.29 is 13.5 Å². The zero-order chi connectivity index (χ0) is 8.32. The van der Waals surface area contributed by atoms with Gasteiger partial charge >= 0.3 is 0 Å². The summed E-state index contributed by atoms with van der Waals surface area (Å²) in [5.74, 6) is 0. The van der Waals surface area contributed by atoms with Crippen LogP contribution in [0.5, 0.6) is 0 Å². The van der Waals surface area contributed by atoms with E-state index in [1.54, 1.807) is 0 Å². The van der Waals surface area contributed by atoms with E-state index in [9.17, 15) is 8.42 Å². The first kappa shape index (κ1) is 8.92. The third kappa shape index (κ3) is 2.74. The standard InChI is InChI=1S/C5H12N2O3S/c8-4-6-11(9,10)7-5-2-1-3-5/h5-8H,1-4H2. The van der Waals surface area contributed by atoms with Crippen molar-refractivity contribution in [2.75, 3.05) is 6.73 Å². The summed E-state index contributed by atoms with van der Waals surface area (Å²) in [7, 11) is -3.44. The van der Waals surface area contributed by atoms with Crippen LogP contribution in [0.15, 0.2) is 0 Å². The Morgan fingerprint density at radius 2 is 2.09 bits per heavy atom. The molecule has 1 fully saturated rings. The van der Waals surface area contributed by atoms with Crippen LogP contribution < -0.4 is 9.44 Å². The van der Waals surface area contributed by atoms with Gasteiger partial charge in [0.1, 0.15) is 6.73 Å². The van der Waals surface area contributed by atoms with Gasteiger partial charge in [0.15, 0.2) is 0 Å². The van der Waals surface area contributed by atoms with Crippen molar-refractivity contribution >= 4 is 10.2 Å². The van der Waals surface area contributed by atoms with Crippen molar-refractivity contribution in [2.45, 2.75) is 25.3 Å². The maximum atomic E-state index is 10.9. The number of aliphatic hydroxyl groups excluding tert-OH is 1. The zero-order valence-electron chi connectivity index (χ0n) is 6.08. The number of hydrogen-bond acceptors (Lipinski definition) is 3. The summed E-state index contributed by atoms with van der Waals surface area (Å²) in [5, 5.41) is 8.28. The normalized spacial score (nSPS) is 19.7. The van der Waals surface area contributed by atoms with Crippen LogP contribution in [-0.4, -0.2) is 26.3 Å². The Kier molecular flexibility index (Phi) is 2.83. The van der Waals surface area contributed by atoms with Crippen molar-refractivity contribution in [1.29, 1.82) is 0 Å². The molecule has 66 valence electrons. The lowest BCUT2D eigenvalue weighted by Crippen LogP contribution is -2.45. The Labute approximate surface area is 66.0 Å². The van der Waals surface area contributed by atoms with Crippen molar-refractivity contribution in [3.63, 3.8) is 0 Å². The zero-order valence-corrected chi connectivity index (χ0v) is 6.89. The van der Waals surface area contributed by atoms with Crippen LogP contribution in [0.3, 0.4) is 0 Å². The molecule has 0 aromatic rings. The number of nitrogens with one attached hydrogen (secondary N) is 2. The number of rotatable bonds is 4. The molecule has 6 heteroatoms. The molecule has 1 aliphatic carbocycles. The van der Waals surface area contributed by atoms with Crippen LogP contribution in [0, 0.1) is 0 Å². The lowest BCUT2D eigenvalue weighted by molar-refractivity contribution is 0.285. The van der Waals surface area contributed by atoms with Gasteiger partial charge in [0, 0.05) is 6.04 Å². The molecule has 5 nitrogen and oxygen atoms in total. The average Bonchev–Trinajstić information content (AvgIpc) is 1.79. The van der Waals surface area contributed by atoms with Crippen LogP contribution in [0.25, 0.3) is 0 Å². The van der Waals surface area contributed by atoms with Crippen molar-refractivity contribution in [3.8, 4) is 0 Å². The molecule has 0 aliphatic heterocycles. The molecule has 0 unspecified atom stereocenters. The SMILES string of the molecule is O=S(=O)(NCO)NC1CCC1. The van der Waals surface area contributed by atoms with Crippen LogP contribution in [0.1, 0.15) is 19.3 Å². The van der Waals surface area contributed by atoms with Gasteiger partial charge in [-0.3, -0.25) is 0 Å². The van der Waals surface area contributed by atoms with E-state index in [1.807, 2.05) is 4.72 Å². The molecular weight excluding hydrogens is 168 g/mol. The van der Waals surface area contributed by atoms with Crippen molar-refractivity contribution in [1.82, 2.24) is 9.44 Å². The molecule has 1 rings (SSSR count). The monoisotopic (exact) mass is 180 g/mol. The minimum Gasteiger partial charge on any atom is -0.380 e. The highest BCUT2D eigenvalue weighted by molar-refractivity contribution is 7.87. The van der Waals surface area contributed by atoms with E-state index in [0.717, 1.165) is 19.3 Å². The Hall–Kier alpha value is -0.170. The summed E-state index contributed by atoms with van der Waals surface area (Å²) >= 11 is 0. The molecule has 0 saturated heterocycles. The highest BCUT2D eigenvalue weighted by Crippen LogP contribution is 2.18. The Bertz CT molecular complexity index is 210. The molecule has 0 aromatic carbocycles. The minimum absolute atomic E-state index is 0.0686. The molecule has 0 heterocycles. The van der Waals surface area contributed by atoms with E-state index < -0.39 is 16.9 Å². The fourth-order valence-corrected chi connectivity index (χ4v) is 1.80. The molecular formula is C5H12N2O3S. The van der Waals surface area contributed by atoms with Crippen molar-refractivity contribution in [2.24, 2.45) is 0 Å². The summed E-state index contributed by atoms with van der Waals surface area (Å²) in [6, 6.07) is 0.0686. The Balaban J connectivity index is 2.33. The summed E-state index contributed by atoms with van der Waals surface area (Å²) in [6.07, 6.45) is 2.87. The third-order valence-electron chi connectivity index (χ3n) is 1.68. The second kappa shape index (κ2) is 3.48. The Morgan fingerprint density at radius 1 is 1.45 bits per heavy atom. The maximum absolute atomic E-state index is 10.9. The van der Waals surface area contributed by atoms with Crippen molar-refractivity contribution in [3.05, 3.63) is 0 Å². The molecule has 0 atom stereocenters. The summed E-state index contributed by atoms with van der Waals surface area (Å²) in [4.78, 5) is 0. The van der Waals surface area contributed by atoms with E-state index in [2.05, 4.69) is 4.72 Å². The van der Waals surface area contributed by atoms with Gasteiger partial charge in [-0.05, 0) is 12.8 Å². The molecule has 3 N–H and O–H groups in total. The van der Waals surface area contributed by atoms with Gasteiger partial charge in [0.05, 0.1) is 0 Å². The predicted octanol–water partition coefficient (Wildman–Crippen LogP) is -1.09.